The Hall–Kier alpha value is -0.743. The lowest BCUT2D eigenvalue weighted by Gasteiger charge is -2.20. The van der Waals surface area contributed by atoms with E-state index >= 15 is 0 Å². The normalized spacial score (nSPS) is 11.1. The molecule has 0 aliphatic carbocycles. The molecule has 0 atom stereocenters. The number of nitrogens with zero attached hydrogens (tertiary/aromatic N) is 1. The van der Waals surface area contributed by atoms with Gasteiger partial charge in [-0.25, -0.2) is 0 Å². The molecule has 0 fully saturated rings. The molecule has 0 aliphatic rings. The Kier molecular flexibility index (Phi) is 5.56. The Morgan fingerprint density at radius 3 is 2.43 bits per heavy atom. The number of rotatable bonds is 7. The van der Waals surface area contributed by atoms with Crippen molar-refractivity contribution in [3.63, 3.8) is 0 Å². The van der Waals surface area contributed by atoms with Crippen LogP contribution in [0.15, 0.2) is 25.2 Å². The van der Waals surface area contributed by atoms with E-state index < -0.39 is 8.07 Å². The Labute approximate surface area is 88.2 Å². The zero-order chi connectivity index (χ0) is 11.2. The highest BCUT2D eigenvalue weighted by Gasteiger charge is 2.12. The Morgan fingerprint density at radius 2 is 2.07 bits per heavy atom. The monoisotopic (exact) mass is 214 g/mol. The van der Waals surface area contributed by atoms with Gasteiger partial charge < -0.3 is 15.4 Å². The third-order valence-electron chi connectivity index (χ3n) is 1.82. The van der Waals surface area contributed by atoms with Crippen molar-refractivity contribution >= 4 is 8.07 Å². The molecule has 2 N–H and O–H groups in total. The number of hydrogen-bond donors (Lipinski definition) is 1. The van der Waals surface area contributed by atoms with Gasteiger partial charge in [0.1, 0.15) is 6.73 Å². The topological polar surface area (TPSA) is 38.5 Å². The maximum atomic E-state index is 5.50. The first kappa shape index (κ1) is 13.3. The second-order valence-electron chi connectivity index (χ2n) is 4.49. The summed E-state index contributed by atoms with van der Waals surface area (Å²) in [6, 6.07) is 1.16. The second-order valence-corrected chi connectivity index (χ2v) is 10.1. The van der Waals surface area contributed by atoms with E-state index in [1.165, 1.54) is 0 Å². The van der Waals surface area contributed by atoms with Gasteiger partial charge in [0, 0.05) is 20.9 Å². The van der Waals surface area contributed by atoms with Crippen molar-refractivity contribution in [2.75, 3.05) is 13.3 Å². The van der Waals surface area contributed by atoms with E-state index in [1.807, 2.05) is 0 Å². The molecule has 0 aromatic rings. The van der Waals surface area contributed by atoms with Gasteiger partial charge in [0.25, 0.3) is 0 Å². The summed E-state index contributed by atoms with van der Waals surface area (Å²) in [5.74, 6) is 0.466. The molecule has 0 saturated carbocycles. The maximum Gasteiger partial charge on any atom is 0.124 e. The lowest BCUT2D eigenvalue weighted by atomic mass is 10.6. The largest absolute Gasteiger partial charge is 0.386 e. The minimum atomic E-state index is -0.990. The zero-order valence-electron chi connectivity index (χ0n) is 9.55. The van der Waals surface area contributed by atoms with Crippen molar-refractivity contribution in [3.05, 3.63) is 25.2 Å². The molecule has 0 spiro atoms. The minimum Gasteiger partial charge on any atom is -0.386 e. The van der Waals surface area contributed by atoms with Crippen molar-refractivity contribution in [1.29, 1.82) is 0 Å². The lowest BCUT2D eigenvalue weighted by molar-refractivity contribution is 0.0781. The molecule has 0 amide bonds. The Morgan fingerprint density at radius 1 is 1.50 bits per heavy atom. The third-order valence-corrected chi connectivity index (χ3v) is 3.52. The molecule has 0 rings (SSSR count). The quantitative estimate of drug-likeness (QED) is 0.401. The van der Waals surface area contributed by atoms with Gasteiger partial charge in [-0.2, -0.15) is 0 Å². The summed E-state index contributed by atoms with van der Waals surface area (Å²) in [5.41, 5.74) is 5.50. The summed E-state index contributed by atoms with van der Waals surface area (Å²) < 4.78 is 5.47. The van der Waals surface area contributed by atoms with Crippen LogP contribution in [-0.4, -0.2) is 26.3 Å². The fourth-order valence-electron chi connectivity index (χ4n) is 0.794. The van der Waals surface area contributed by atoms with E-state index in [-0.39, 0.29) is 0 Å². The van der Waals surface area contributed by atoms with E-state index in [0.29, 0.717) is 12.6 Å². The zero-order valence-corrected chi connectivity index (χ0v) is 10.5. The van der Waals surface area contributed by atoms with E-state index in [0.717, 1.165) is 12.7 Å². The highest BCUT2D eigenvalue weighted by molar-refractivity contribution is 6.76. The van der Waals surface area contributed by atoms with Crippen LogP contribution >= 0.6 is 0 Å². The molecule has 0 aromatic heterocycles. The summed E-state index contributed by atoms with van der Waals surface area (Å²) in [5, 5.41) is 0. The van der Waals surface area contributed by atoms with Crippen LogP contribution in [0.25, 0.3) is 0 Å². The minimum absolute atomic E-state index is 0.448. The fraction of sp³-hybridized carbons (Fsp3) is 0.600. The van der Waals surface area contributed by atoms with Crippen LogP contribution < -0.4 is 5.73 Å². The summed E-state index contributed by atoms with van der Waals surface area (Å²) in [6.45, 7) is 15.4. The molecule has 0 heterocycles. The van der Waals surface area contributed by atoms with Gasteiger partial charge >= 0.3 is 0 Å². The lowest BCUT2D eigenvalue weighted by Crippen LogP contribution is -2.27. The molecule has 0 unspecified atom stereocenters. The summed E-state index contributed by atoms with van der Waals surface area (Å²) in [7, 11) is -0.990. The van der Waals surface area contributed by atoms with Crippen LogP contribution in [0.4, 0.5) is 0 Å². The van der Waals surface area contributed by atoms with Crippen LogP contribution in [0.2, 0.25) is 25.7 Å². The Bertz CT molecular complexity index is 199. The smallest absolute Gasteiger partial charge is 0.124 e. The number of hydrogen-bond acceptors (Lipinski definition) is 3. The fourth-order valence-corrected chi connectivity index (χ4v) is 1.55. The van der Waals surface area contributed by atoms with Crippen molar-refractivity contribution in [2.45, 2.75) is 25.7 Å². The highest BCUT2D eigenvalue weighted by Crippen LogP contribution is 2.07. The van der Waals surface area contributed by atoms with E-state index in [9.17, 15) is 0 Å². The highest BCUT2D eigenvalue weighted by atomic mass is 28.3. The predicted molar refractivity (Wildman–Crippen MR) is 64.3 cm³/mol. The summed E-state index contributed by atoms with van der Waals surface area (Å²) in [4.78, 5) is 1.68. The van der Waals surface area contributed by atoms with Crippen LogP contribution in [-0.2, 0) is 4.74 Å². The average Bonchev–Trinajstić information content (AvgIpc) is 2.01. The number of nitrogens with two attached hydrogens (primary N) is 1. The van der Waals surface area contributed by atoms with Gasteiger partial charge in [0.05, 0.1) is 5.82 Å². The van der Waals surface area contributed by atoms with Gasteiger partial charge in [-0.1, -0.05) is 32.8 Å². The molecular weight excluding hydrogens is 192 g/mol. The van der Waals surface area contributed by atoms with E-state index in [1.54, 1.807) is 11.1 Å². The molecule has 82 valence electrons. The first-order chi connectivity index (χ1) is 6.37. The van der Waals surface area contributed by atoms with Gasteiger partial charge in [-0.15, -0.1) is 0 Å². The molecular formula is C10H22N2OSi. The van der Waals surface area contributed by atoms with Crippen LogP contribution in [0.1, 0.15) is 0 Å². The molecule has 0 aromatic carbocycles. The van der Waals surface area contributed by atoms with Gasteiger partial charge in [-0.3, -0.25) is 0 Å². The molecule has 0 aliphatic heterocycles. The summed E-state index contributed by atoms with van der Waals surface area (Å²) >= 11 is 0. The van der Waals surface area contributed by atoms with Gasteiger partial charge in [-0.05, 0) is 6.04 Å². The maximum absolute atomic E-state index is 5.50. The molecule has 0 saturated heterocycles. The van der Waals surface area contributed by atoms with E-state index in [2.05, 4.69) is 32.8 Å². The van der Waals surface area contributed by atoms with E-state index in [4.69, 9.17) is 10.5 Å². The molecule has 3 nitrogen and oxygen atoms in total. The molecule has 14 heavy (non-hydrogen) atoms. The molecule has 4 heteroatoms. The van der Waals surface area contributed by atoms with Crippen LogP contribution in [0, 0.1) is 0 Å². The van der Waals surface area contributed by atoms with Crippen molar-refractivity contribution in [1.82, 2.24) is 4.90 Å². The van der Waals surface area contributed by atoms with Crippen LogP contribution in [0.3, 0.4) is 0 Å². The average molecular weight is 214 g/mol. The second kappa shape index (κ2) is 5.88. The van der Waals surface area contributed by atoms with Gasteiger partial charge in [0.15, 0.2) is 0 Å². The third kappa shape index (κ3) is 6.74. The molecule has 0 bridgehead atoms. The predicted octanol–water partition coefficient (Wildman–Crippen LogP) is 2.17. The SMILES string of the molecule is C=CN(COCC[Si](C)(C)C)C(=C)N. The summed E-state index contributed by atoms with van der Waals surface area (Å²) in [6.07, 6.45) is 1.62. The van der Waals surface area contributed by atoms with Crippen molar-refractivity contribution in [3.8, 4) is 0 Å². The first-order valence-corrected chi connectivity index (χ1v) is 8.49. The number of ether oxygens (including phenoxy) is 1. The standard InChI is InChI=1S/C10H22N2OSi/c1-6-12(10(2)11)9-13-7-8-14(3,4)5/h6H,1-2,7-9,11H2,3-5H3. The van der Waals surface area contributed by atoms with Gasteiger partial charge in [0.2, 0.25) is 0 Å². The molecule has 0 radical (unpaired) electrons. The first-order valence-electron chi connectivity index (χ1n) is 4.78. The van der Waals surface area contributed by atoms with Crippen molar-refractivity contribution < 1.29 is 4.74 Å². The van der Waals surface area contributed by atoms with Crippen LogP contribution in [0.5, 0.6) is 0 Å². The van der Waals surface area contributed by atoms with Crippen molar-refractivity contribution in [2.24, 2.45) is 5.73 Å². The Balaban J connectivity index is 3.63.